The molecule has 0 bridgehead atoms. The van der Waals surface area contributed by atoms with Crippen LogP contribution >= 0.6 is 0 Å². The summed E-state index contributed by atoms with van der Waals surface area (Å²) in [5.74, 6) is 0. The minimum absolute atomic E-state index is 0.642. The number of hydrogen-bond acceptors (Lipinski definition) is 1. The van der Waals surface area contributed by atoms with Crippen molar-refractivity contribution >= 4 is 0 Å². The van der Waals surface area contributed by atoms with E-state index in [1.54, 1.807) is 0 Å². The van der Waals surface area contributed by atoms with Crippen molar-refractivity contribution in [3.8, 4) is 11.1 Å². The van der Waals surface area contributed by atoms with Crippen LogP contribution in [-0.2, 0) is 13.0 Å². The monoisotopic (exact) mass is 237 g/mol. The summed E-state index contributed by atoms with van der Waals surface area (Å²) in [4.78, 5) is 0. The smallest absolute Gasteiger partial charge is 0.0217 e. The zero-order valence-electron chi connectivity index (χ0n) is 10.8. The molecule has 1 nitrogen and oxygen atoms in total. The first-order valence-electron chi connectivity index (χ1n) is 6.78. The lowest BCUT2D eigenvalue weighted by Gasteiger charge is -2.27. The molecule has 0 amide bonds. The third kappa shape index (κ3) is 2.06. The molecule has 1 N–H and O–H groups in total. The van der Waals surface area contributed by atoms with Crippen LogP contribution in [-0.4, -0.2) is 6.04 Å². The lowest BCUT2D eigenvalue weighted by atomic mass is 9.89. The molecule has 0 fully saturated rings. The van der Waals surface area contributed by atoms with Crippen LogP contribution in [0.1, 0.15) is 24.5 Å². The maximum Gasteiger partial charge on any atom is 0.0217 e. The molecule has 3 rings (SSSR count). The molecule has 0 spiro atoms. The molecule has 1 heterocycles. The lowest BCUT2D eigenvalue weighted by Crippen LogP contribution is -2.35. The fraction of sp³-hybridized carbons (Fsp3) is 0.294. The van der Waals surface area contributed by atoms with Crippen LogP contribution in [0.25, 0.3) is 11.1 Å². The molecule has 92 valence electrons. The van der Waals surface area contributed by atoms with E-state index in [2.05, 4.69) is 60.8 Å². The highest BCUT2D eigenvalue weighted by Gasteiger charge is 2.18. The minimum atomic E-state index is 0.642. The first kappa shape index (κ1) is 11.5. The molecular weight excluding hydrogens is 218 g/mol. The van der Waals surface area contributed by atoms with Gasteiger partial charge < -0.3 is 5.32 Å². The molecule has 2 aromatic rings. The minimum Gasteiger partial charge on any atom is -0.310 e. The van der Waals surface area contributed by atoms with E-state index in [0.29, 0.717) is 6.04 Å². The third-order valence-corrected chi connectivity index (χ3v) is 3.88. The van der Waals surface area contributed by atoms with Gasteiger partial charge in [-0.05, 0) is 35.1 Å². The van der Waals surface area contributed by atoms with Crippen molar-refractivity contribution in [3.05, 3.63) is 59.7 Å². The fourth-order valence-electron chi connectivity index (χ4n) is 2.80. The summed E-state index contributed by atoms with van der Waals surface area (Å²) in [5, 5.41) is 3.64. The van der Waals surface area contributed by atoms with Crippen molar-refractivity contribution in [1.29, 1.82) is 0 Å². The van der Waals surface area contributed by atoms with Gasteiger partial charge in [0, 0.05) is 12.6 Å². The normalized spacial score (nSPS) is 18.4. The van der Waals surface area contributed by atoms with Crippen LogP contribution in [0.4, 0.5) is 0 Å². The number of rotatable bonds is 2. The Morgan fingerprint density at radius 1 is 1.06 bits per heavy atom. The first-order chi connectivity index (χ1) is 8.88. The first-order valence-corrected chi connectivity index (χ1v) is 6.78. The summed E-state index contributed by atoms with van der Waals surface area (Å²) in [7, 11) is 0. The average Bonchev–Trinajstić information content (AvgIpc) is 2.47. The largest absolute Gasteiger partial charge is 0.310 e. The van der Waals surface area contributed by atoms with Gasteiger partial charge in [0.1, 0.15) is 0 Å². The average molecular weight is 237 g/mol. The van der Waals surface area contributed by atoms with Gasteiger partial charge in [0.25, 0.3) is 0 Å². The number of nitrogens with one attached hydrogen (secondary N) is 1. The molecule has 0 aromatic heterocycles. The van der Waals surface area contributed by atoms with E-state index in [1.807, 2.05) is 0 Å². The van der Waals surface area contributed by atoms with Gasteiger partial charge in [0.05, 0.1) is 0 Å². The Morgan fingerprint density at radius 2 is 1.89 bits per heavy atom. The topological polar surface area (TPSA) is 12.0 Å². The number of fused-ring (bicyclic) bond motifs is 1. The summed E-state index contributed by atoms with van der Waals surface area (Å²) in [6, 6.07) is 18.0. The van der Waals surface area contributed by atoms with E-state index in [1.165, 1.54) is 28.7 Å². The summed E-state index contributed by atoms with van der Waals surface area (Å²) in [6.07, 6.45) is 2.36. The maximum absolute atomic E-state index is 3.64. The molecule has 1 aliphatic rings. The molecule has 1 unspecified atom stereocenters. The van der Waals surface area contributed by atoms with Gasteiger partial charge in [-0.2, -0.15) is 0 Å². The Kier molecular flexibility index (Phi) is 3.16. The summed E-state index contributed by atoms with van der Waals surface area (Å²) >= 11 is 0. The number of benzene rings is 2. The standard InChI is InChI=1S/C17H19N/c1-2-15-11-14-9-6-10-16(17(14)12-18-15)13-7-4-3-5-8-13/h3-10,15,18H,2,11-12H2,1H3. The Bertz CT molecular complexity index is 531. The highest BCUT2D eigenvalue weighted by atomic mass is 14.9. The highest BCUT2D eigenvalue weighted by Crippen LogP contribution is 2.29. The SMILES string of the molecule is CCC1Cc2cccc(-c3ccccc3)c2CN1. The molecule has 1 heteroatoms. The van der Waals surface area contributed by atoms with Crippen molar-refractivity contribution in [3.63, 3.8) is 0 Å². The van der Waals surface area contributed by atoms with Crippen molar-refractivity contribution in [1.82, 2.24) is 5.32 Å². The van der Waals surface area contributed by atoms with Gasteiger partial charge in [0.15, 0.2) is 0 Å². The van der Waals surface area contributed by atoms with E-state index in [-0.39, 0.29) is 0 Å². The van der Waals surface area contributed by atoms with Crippen LogP contribution in [0, 0.1) is 0 Å². The van der Waals surface area contributed by atoms with Gasteiger partial charge in [-0.15, -0.1) is 0 Å². The molecule has 0 radical (unpaired) electrons. The van der Waals surface area contributed by atoms with Crippen LogP contribution in [0.3, 0.4) is 0 Å². The van der Waals surface area contributed by atoms with Gasteiger partial charge >= 0.3 is 0 Å². The predicted molar refractivity (Wildman–Crippen MR) is 76.5 cm³/mol. The molecule has 2 aromatic carbocycles. The molecule has 0 saturated carbocycles. The van der Waals surface area contributed by atoms with Crippen LogP contribution in [0.5, 0.6) is 0 Å². The van der Waals surface area contributed by atoms with E-state index in [9.17, 15) is 0 Å². The van der Waals surface area contributed by atoms with Crippen LogP contribution in [0.15, 0.2) is 48.5 Å². The fourth-order valence-corrected chi connectivity index (χ4v) is 2.80. The molecule has 1 aliphatic heterocycles. The molecule has 0 saturated heterocycles. The molecule has 1 atom stereocenters. The van der Waals surface area contributed by atoms with Gasteiger partial charge in [-0.3, -0.25) is 0 Å². The van der Waals surface area contributed by atoms with Crippen molar-refractivity contribution in [2.75, 3.05) is 0 Å². The van der Waals surface area contributed by atoms with E-state index >= 15 is 0 Å². The summed E-state index contributed by atoms with van der Waals surface area (Å²) in [5.41, 5.74) is 5.71. The van der Waals surface area contributed by atoms with Crippen LogP contribution in [0.2, 0.25) is 0 Å². The van der Waals surface area contributed by atoms with Gasteiger partial charge in [-0.1, -0.05) is 55.5 Å². The van der Waals surface area contributed by atoms with Crippen molar-refractivity contribution < 1.29 is 0 Å². The highest BCUT2D eigenvalue weighted by molar-refractivity contribution is 5.69. The van der Waals surface area contributed by atoms with Crippen molar-refractivity contribution in [2.24, 2.45) is 0 Å². The maximum atomic E-state index is 3.64. The van der Waals surface area contributed by atoms with Crippen molar-refractivity contribution in [2.45, 2.75) is 32.4 Å². The molecular formula is C17H19N. The molecule has 18 heavy (non-hydrogen) atoms. The van der Waals surface area contributed by atoms with Gasteiger partial charge in [-0.25, -0.2) is 0 Å². The zero-order valence-corrected chi connectivity index (χ0v) is 10.8. The second kappa shape index (κ2) is 4.95. The van der Waals surface area contributed by atoms with E-state index < -0.39 is 0 Å². The Balaban J connectivity index is 2.03. The molecule has 0 aliphatic carbocycles. The zero-order chi connectivity index (χ0) is 12.4. The Hall–Kier alpha value is -1.60. The predicted octanol–water partition coefficient (Wildman–Crippen LogP) is 3.78. The number of hydrogen-bond donors (Lipinski definition) is 1. The lowest BCUT2D eigenvalue weighted by molar-refractivity contribution is 0.468. The van der Waals surface area contributed by atoms with E-state index in [0.717, 1.165) is 13.0 Å². The second-order valence-corrected chi connectivity index (χ2v) is 5.00. The quantitative estimate of drug-likeness (QED) is 0.838. The van der Waals surface area contributed by atoms with Gasteiger partial charge in [0.2, 0.25) is 0 Å². The Labute approximate surface area is 109 Å². The second-order valence-electron chi connectivity index (χ2n) is 5.00. The Morgan fingerprint density at radius 3 is 2.67 bits per heavy atom. The summed E-state index contributed by atoms with van der Waals surface area (Å²) in [6.45, 7) is 3.25. The summed E-state index contributed by atoms with van der Waals surface area (Å²) < 4.78 is 0. The third-order valence-electron chi connectivity index (χ3n) is 3.88. The van der Waals surface area contributed by atoms with Crippen LogP contribution < -0.4 is 5.32 Å². The van der Waals surface area contributed by atoms with E-state index in [4.69, 9.17) is 0 Å².